The number of rotatable bonds is 6. The van der Waals surface area contributed by atoms with Crippen molar-refractivity contribution in [2.75, 3.05) is 11.5 Å². The lowest BCUT2D eigenvalue weighted by Crippen LogP contribution is -2.50. The van der Waals surface area contributed by atoms with E-state index in [-0.39, 0.29) is 12.4 Å². The first-order valence-corrected chi connectivity index (χ1v) is 10.9. The van der Waals surface area contributed by atoms with Gasteiger partial charge in [-0.3, -0.25) is 14.7 Å². The van der Waals surface area contributed by atoms with Gasteiger partial charge in [0.1, 0.15) is 22.7 Å². The Hall–Kier alpha value is -4.41. The van der Waals surface area contributed by atoms with E-state index in [9.17, 15) is 18.0 Å². The molecule has 0 saturated carbocycles. The minimum Gasteiger partial charge on any atom is -0.491 e. The molecule has 0 radical (unpaired) electrons. The predicted molar refractivity (Wildman–Crippen MR) is 121 cm³/mol. The molecule has 8 nitrogen and oxygen atoms in total. The minimum absolute atomic E-state index is 0.244. The second kappa shape index (κ2) is 8.99. The summed E-state index contributed by atoms with van der Waals surface area (Å²) in [5.41, 5.74) is 0.925. The highest BCUT2D eigenvalue weighted by Gasteiger charge is 2.46. The van der Waals surface area contributed by atoms with E-state index in [0.29, 0.717) is 52.8 Å². The van der Waals surface area contributed by atoms with Crippen molar-refractivity contribution in [1.82, 2.24) is 15.1 Å². The van der Waals surface area contributed by atoms with Crippen LogP contribution in [0.1, 0.15) is 23.6 Å². The molecule has 1 amide bonds. The first-order valence-electron chi connectivity index (χ1n) is 10.9. The van der Waals surface area contributed by atoms with Crippen LogP contribution in [0, 0.1) is 6.92 Å². The second-order valence-corrected chi connectivity index (χ2v) is 8.04. The van der Waals surface area contributed by atoms with Crippen LogP contribution in [0.15, 0.2) is 71.4 Å². The van der Waals surface area contributed by atoms with E-state index < -0.39 is 11.9 Å². The molecule has 4 aromatic rings. The van der Waals surface area contributed by atoms with Crippen molar-refractivity contribution in [3.05, 3.63) is 84.0 Å². The molecule has 1 atom stereocenters. The third-order valence-corrected chi connectivity index (χ3v) is 5.88. The van der Waals surface area contributed by atoms with E-state index in [4.69, 9.17) is 9.26 Å². The van der Waals surface area contributed by atoms with Gasteiger partial charge in [-0.1, -0.05) is 29.4 Å². The molecule has 0 saturated heterocycles. The number of fused-ring (bicyclic) bond motifs is 1. The smallest absolute Gasteiger partial charge is 0.491 e. The lowest BCUT2D eigenvalue weighted by molar-refractivity contribution is -0.274. The number of alkyl halides is 3. The Morgan fingerprint density at radius 1 is 1.11 bits per heavy atom. The first kappa shape index (κ1) is 23.3. The van der Waals surface area contributed by atoms with E-state index in [1.54, 1.807) is 49.5 Å². The summed E-state index contributed by atoms with van der Waals surface area (Å²) in [5, 5.41) is 3.94. The average Bonchev–Trinajstić information content (AvgIpc) is 3.30. The number of nitrogens with zero attached hydrogens (tertiary/aromatic N) is 4. The zero-order chi connectivity index (χ0) is 25.3. The summed E-state index contributed by atoms with van der Waals surface area (Å²) in [4.78, 5) is 23.0. The van der Waals surface area contributed by atoms with Crippen LogP contribution in [-0.4, -0.2) is 34.5 Å². The SMILES string of the molecule is Cc1nc(-c2cccc(N(C=O)C3(c4ccc(OC(F)(F)F)cc4)CCOc4cccnc43)c2)no1. The number of benzene rings is 2. The van der Waals surface area contributed by atoms with E-state index in [0.717, 1.165) is 0 Å². The van der Waals surface area contributed by atoms with Crippen LogP contribution < -0.4 is 14.4 Å². The maximum atomic E-state index is 12.7. The maximum Gasteiger partial charge on any atom is 0.573 e. The molecule has 36 heavy (non-hydrogen) atoms. The summed E-state index contributed by atoms with van der Waals surface area (Å²) < 4.78 is 53.1. The molecule has 0 fully saturated rings. The van der Waals surface area contributed by atoms with E-state index in [1.165, 1.54) is 29.2 Å². The largest absolute Gasteiger partial charge is 0.573 e. The molecule has 1 aliphatic heterocycles. The van der Waals surface area contributed by atoms with Crippen molar-refractivity contribution in [3.63, 3.8) is 0 Å². The Labute approximate surface area is 203 Å². The van der Waals surface area contributed by atoms with Crippen LogP contribution >= 0.6 is 0 Å². The number of hydrogen-bond acceptors (Lipinski definition) is 7. The molecule has 3 heterocycles. The number of carbonyl (C=O) groups is 1. The monoisotopic (exact) mass is 496 g/mol. The van der Waals surface area contributed by atoms with Crippen LogP contribution in [-0.2, 0) is 10.3 Å². The number of hydrogen-bond donors (Lipinski definition) is 0. The summed E-state index contributed by atoms with van der Waals surface area (Å²) in [5.74, 6) is 0.842. The fraction of sp³-hybridized carbons (Fsp3) is 0.200. The third-order valence-electron chi connectivity index (χ3n) is 5.88. The lowest BCUT2D eigenvalue weighted by Gasteiger charge is -2.44. The molecule has 11 heteroatoms. The molecular weight excluding hydrogens is 477 g/mol. The number of pyridine rings is 1. The summed E-state index contributed by atoms with van der Waals surface area (Å²) in [6.07, 6.45) is -2.29. The zero-order valence-corrected chi connectivity index (χ0v) is 18.9. The van der Waals surface area contributed by atoms with Gasteiger partial charge in [0.25, 0.3) is 0 Å². The highest BCUT2D eigenvalue weighted by atomic mass is 19.4. The lowest BCUT2D eigenvalue weighted by atomic mass is 9.79. The van der Waals surface area contributed by atoms with Gasteiger partial charge >= 0.3 is 6.36 Å². The Morgan fingerprint density at radius 2 is 1.92 bits per heavy atom. The number of ether oxygens (including phenoxy) is 2. The van der Waals surface area contributed by atoms with E-state index >= 15 is 0 Å². The Kier molecular flexibility index (Phi) is 5.83. The summed E-state index contributed by atoms with van der Waals surface area (Å²) >= 11 is 0. The fourth-order valence-electron chi connectivity index (χ4n) is 4.41. The standard InChI is InChI=1S/C25H19F3N4O4/c1-16-30-23(31-36-16)17-4-2-5-19(14-17)32(15-33)24(11-13-34-21-6-3-12-29-22(21)24)18-7-9-20(10-8-18)35-25(26,27)28/h2-10,12,14-15H,11,13H2,1H3. The molecule has 5 rings (SSSR count). The third kappa shape index (κ3) is 4.23. The number of halogens is 3. The van der Waals surface area contributed by atoms with E-state index in [1.807, 2.05) is 0 Å². The van der Waals surface area contributed by atoms with Gasteiger partial charge in [-0.05, 0) is 42.0 Å². The molecule has 2 aromatic heterocycles. The van der Waals surface area contributed by atoms with Gasteiger partial charge in [0.2, 0.25) is 18.1 Å². The Morgan fingerprint density at radius 3 is 2.61 bits per heavy atom. The van der Waals surface area contributed by atoms with E-state index in [2.05, 4.69) is 19.9 Å². The molecule has 0 spiro atoms. The summed E-state index contributed by atoms with van der Waals surface area (Å²) in [6.45, 7) is 1.91. The van der Waals surface area contributed by atoms with Gasteiger partial charge in [0, 0.05) is 30.8 Å². The van der Waals surface area contributed by atoms with Crippen LogP contribution in [0.4, 0.5) is 18.9 Å². The minimum atomic E-state index is -4.82. The molecular formula is C25H19F3N4O4. The number of carbonyl (C=O) groups excluding carboxylic acids is 1. The zero-order valence-electron chi connectivity index (χ0n) is 18.9. The van der Waals surface area contributed by atoms with Gasteiger partial charge in [-0.15, -0.1) is 13.2 Å². The fourth-order valence-corrected chi connectivity index (χ4v) is 4.41. The summed E-state index contributed by atoms with van der Waals surface area (Å²) in [7, 11) is 0. The van der Waals surface area contributed by atoms with Gasteiger partial charge in [0.15, 0.2) is 0 Å². The van der Waals surface area contributed by atoms with Gasteiger partial charge in [-0.2, -0.15) is 4.98 Å². The van der Waals surface area contributed by atoms with Crippen LogP contribution in [0.25, 0.3) is 11.4 Å². The Balaban J connectivity index is 1.66. The molecule has 1 aliphatic rings. The topological polar surface area (TPSA) is 90.6 Å². The highest BCUT2D eigenvalue weighted by Crippen LogP contribution is 2.47. The molecule has 0 bridgehead atoms. The van der Waals surface area contributed by atoms with Crippen molar-refractivity contribution in [2.24, 2.45) is 0 Å². The second-order valence-electron chi connectivity index (χ2n) is 8.04. The normalized spacial score (nSPS) is 17.1. The molecule has 1 unspecified atom stereocenters. The predicted octanol–water partition coefficient (Wildman–Crippen LogP) is 5.03. The van der Waals surface area contributed by atoms with Crippen LogP contribution in [0.3, 0.4) is 0 Å². The molecule has 184 valence electrons. The average molecular weight is 496 g/mol. The van der Waals surface area contributed by atoms with Crippen LogP contribution in [0.2, 0.25) is 0 Å². The molecule has 2 aromatic carbocycles. The molecule has 0 aliphatic carbocycles. The van der Waals surface area contributed by atoms with Crippen molar-refractivity contribution in [2.45, 2.75) is 25.2 Å². The molecule has 0 N–H and O–H groups in total. The maximum absolute atomic E-state index is 12.7. The van der Waals surface area contributed by atoms with Gasteiger partial charge in [-0.25, -0.2) is 0 Å². The Bertz CT molecular complexity index is 1390. The quantitative estimate of drug-likeness (QED) is 0.346. The number of amides is 1. The van der Waals surface area contributed by atoms with Gasteiger partial charge < -0.3 is 14.0 Å². The number of anilines is 1. The highest BCUT2D eigenvalue weighted by molar-refractivity contribution is 5.82. The van der Waals surface area contributed by atoms with Gasteiger partial charge in [0.05, 0.1) is 6.61 Å². The van der Waals surface area contributed by atoms with Crippen molar-refractivity contribution in [3.8, 4) is 22.9 Å². The van der Waals surface area contributed by atoms with Crippen molar-refractivity contribution < 1.29 is 32.0 Å². The van der Waals surface area contributed by atoms with Crippen molar-refractivity contribution >= 4 is 12.1 Å². The number of aryl methyl sites for hydroxylation is 1. The number of aromatic nitrogens is 3. The van der Waals surface area contributed by atoms with Crippen molar-refractivity contribution in [1.29, 1.82) is 0 Å². The van der Waals surface area contributed by atoms with Crippen LogP contribution in [0.5, 0.6) is 11.5 Å². The first-order chi connectivity index (χ1) is 17.3. The summed E-state index contributed by atoms with van der Waals surface area (Å²) in [6, 6.07) is 15.9.